The number of unbranched alkanes of at least 4 members (excludes halogenated alkanes) is 1. The number of carbonyl (C=O) groups excluding carboxylic acids is 1. The normalized spacial score (nSPS) is 10.0. The van der Waals surface area contributed by atoms with Crippen molar-refractivity contribution in [1.29, 1.82) is 0 Å². The van der Waals surface area contributed by atoms with E-state index in [1.54, 1.807) is 31.2 Å². The first kappa shape index (κ1) is 14.0. The molecule has 0 saturated heterocycles. The molecule has 0 radical (unpaired) electrons. The molecule has 0 aromatic heterocycles. The minimum Gasteiger partial charge on any atom is -0.494 e. The van der Waals surface area contributed by atoms with E-state index in [0.717, 1.165) is 23.9 Å². The molecule has 0 saturated carbocycles. The van der Waals surface area contributed by atoms with Gasteiger partial charge in [0.05, 0.1) is 18.8 Å². The summed E-state index contributed by atoms with van der Waals surface area (Å²) in [5.74, 6) is 0.492. The minimum absolute atomic E-state index is 0.293. The number of rotatable bonds is 7. The van der Waals surface area contributed by atoms with E-state index in [0.29, 0.717) is 18.8 Å². The largest absolute Gasteiger partial charge is 0.494 e. The van der Waals surface area contributed by atoms with Crippen molar-refractivity contribution in [3.05, 3.63) is 29.8 Å². The Labute approximate surface area is 110 Å². The van der Waals surface area contributed by atoms with Crippen LogP contribution in [0, 0.1) is 0 Å². The number of esters is 1. The van der Waals surface area contributed by atoms with Gasteiger partial charge >= 0.3 is 5.97 Å². The van der Waals surface area contributed by atoms with Crippen molar-refractivity contribution in [2.45, 2.75) is 19.8 Å². The molecule has 0 heterocycles. The summed E-state index contributed by atoms with van der Waals surface area (Å²) in [7, 11) is 0. The number of hydrogen-bond acceptors (Lipinski definition) is 3. The van der Waals surface area contributed by atoms with Gasteiger partial charge in [0, 0.05) is 5.33 Å². The summed E-state index contributed by atoms with van der Waals surface area (Å²) >= 11 is 3.37. The van der Waals surface area contributed by atoms with Crippen molar-refractivity contribution in [2.24, 2.45) is 0 Å². The second-order valence-corrected chi connectivity index (χ2v) is 4.28. The van der Waals surface area contributed by atoms with E-state index in [1.165, 1.54) is 0 Å². The molecule has 0 spiro atoms. The average Bonchev–Trinajstić information content (AvgIpc) is 2.36. The number of hydrogen-bond donors (Lipinski definition) is 0. The van der Waals surface area contributed by atoms with E-state index < -0.39 is 0 Å². The zero-order valence-electron chi connectivity index (χ0n) is 9.95. The maximum atomic E-state index is 11.4. The lowest BCUT2D eigenvalue weighted by Gasteiger charge is -2.06. The summed E-state index contributed by atoms with van der Waals surface area (Å²) in [6.07, 6.45) is 2.12. The molecule has 1 rings (SSSR count). The molecule has 1 aromatic rings. The van der Waals surface area contributed by atoms with Crippen LogP contribution in [0.5, 0.6) is 5.75 Å². The molecule has 0 aliphatic heterocycles. The second-order valence-electron chi connectivity index (χ2n) is 3.49. The smallest absolute Gasteiger partial charge is 0.338 e. The van der Waals surface area contributed by atoms with Gasteiger partial charge in [0.15, 0.2) is 0 Å². The van der Waals surface area contributed by atoms with Gasteiger partial charge in [0.1, 0.15) is 5.75 Å². The molecule has 3 nitrogen and oxygen atoms in total. The SMILES string of the molecule is CCOC(=O)c1ccc(OCCCCBr)cc1. The molecule has 1 aromatic carbocycles. The van der Waals surface area contributed by atoms with Gasteiger partial charge in [0.25, 0.3) is 0 Å². The molecule has 4 heteroatoms. The summed E-state index contributed by atoms with van der Waals surface area (Å²) in [5.41, 5.74) is 0.555. The highest BCUT2D eigenvalue weighted by atomic mass is 79.9. The quantitative estimate of drug-likeness (QED) is 0.440. The maximum Gasteiger partial charge on any atom is 0.338 e. The molecule has 0 amide bonds. The van der Waals surface area contributed by atoms with Crippen LogP contribution in [0.1, 0.15) is 30.1 Å². The van der Waals surface area contributed by atoms with Crippen LogP contribution < -0.4 is 4.74 Å². The second kappa shape index (κ2) is 8.12. The van der Waals surface area contributed by atoms with E-state index in [9.17, 15) is 4.79 Å². The van der Waals surface area contributed by atoms with Crippen LogP contribution >= 0.6 is 15.9 Å². The van der Waals surface area contributed by atoms with Gasteiger partial charge in [-0.3, -0.25) is 0 Å². The minimum atomic E-state index is -0.293. The van der Waals surface area contributed by atoms with Gasteiger partial charge in [-0.2, -0.15) is 0 Å². The Morgan fingerprint density at radius 3 is 2.53 bits per heavy atom. The molecule has 0 atom stereocenters. The highest BCUT2D eigenvalue weighted by molar-refractivity contribution is 9.09. The van der Waals surface area contributed by atoms with Crippen LogP contribution in [0.2, 0.25) is 0 Å². The average molecular weight is 301 g/mol. The molecule has 94 valence electrons. The highest BCUT2D eigenvalue weighted by Gasteiger charge is 2.05. The Morgan fingerprint density at radius 2 is 1.94 bits per heavy atom. The molecule has 0 bridgehead atoms. The lowest BCUT2D eigenvalue weighted by molar-refractivity contribution is 0.0526. The topological polar surface area (TPSA) is 35.5 Å². The van der Waals surface area contributed by atoms with Crippen LogP contribution in [0.4, 0.5) is 0 Å². The summed E-state index contributed by atoms with van der Waals surface area (Å²) in [4.78, 5) is 11.4. The van der Waals surface area contributed by atoms with E-state index >= 15 is 0 Å². The summed E-state index contributed by atoms with van der Waals surface area (Å²) in [6.45, 7) is 2.88. The number of carbonyl (C=O) groups is 1. The monoisotopic (exact) mass is 300 g/mol. The third-order valence-electron chi connectivity index (χ3n) is 2.16. The van der Waals surface area contributed by atoms with Crippen LogP contribution in [0.25, 0.3) is 0 Å². The number of benzene rings is 1. The van der Waals surface area contributed by atoms with Gasteiger partial charge in [-0.15, -0.1) is 0 Å². The Kier molecular flexibility index (Phi) is 6.70. The Morgan fingerprint density at radius 1 is 1.24 bits per heavy atom. The van der Waals surface area contributed by atoms with E-state index in [1.807, 2.05) is 0 Å². The van der Waals surface area contributed by atoms with Crippen molar-refractivity contribution in [2.75, 3.05) is 18.5 Å². The zero-order valence-corrected chi connectivity index (χ0v) is 11.5. The fourth-order valence-electron chi connectivity index (χ4n) is 1.29. The fraction of sp³-hybridized carbons (Fsp3) is 0.462. The van der Waals surface area contributed by atoms with Gasteiger partial charge < -0.3 is 9.47 Å². The molecule has 0 aliphatic carbocycles. The van der Waals surface area contributed by atoms with Crippen LogP contribution in [-0.4, -0.2) is 24.5 Å². The lowest BCUT2D eigenvalue weighted by atomic mass is 10.2. The van der Waals surface area contributed by atoms with Crippen LogP contribution in [-0.2, 0) is 4.74 Å². The Bertz CT molecular complexity index is 335. The van der Waals surface area contributed by atoms with E-state index in [2.05, 4.69) is 15.9 Å². The molecule has 0 aliphatic rings. The predicted octanol–water partition coefficient (Wildman–Crippen LogP) is 3.42. The van der Waals surface area contributed by atoms with Gasteiger partial charge in [-0.1, -0.05) is 15.9 Å². The molecule has 0 unspecified atom stereocenters. The lowest BCUT2D eigenvalue weighted by Crippen LogP contribution is -2.04. The fourth-order valence-corrected chi connectivity index (χ4v) is 1.68. The number of alkyl halides is 1. The Balaban J connectivity index is 2.42. The van der Waals surface area contributed by atoms with E-state index in [4.69, 9.17) is 9.47 Å². The molecular formula is C13H17BrO3. The van der Waals surface area contributed by atoms with Gasteiger partial charge in [-0.25, -0.2) is 4.79 Å². The van der Waals surface area contributed by atoms with Gasteiger partial charge in [0.2, 0.25) is 0 Å². The van der Waals surface area contributed by atoms with Crippen molar-refractivity contribution >= 4 is 21.9 Å². The molecule has 17 heavy (non-hydrogen) atoms. The summed E-state index contributed by atoms with van der Waals surface area (Å²) in [5, 5.41) is 0.998. The Hall–Kier alpha value is -1.03. The number of halogens is 1. The standard InChI is InChI=1S/C13H17BrO3/c1-2-16-13(15)11-5-7-12(8-6-11)17-10-4-3-9-14/h5-8H,2-4,9-10H2,1H3. The van der Waals surface area contributed by atoms with Crippen molar-refractivity contribution in [3.63, 3.8) is 0 Å². The van der Waals surface area contributed by atoms with Crippen LogP contribution in [0.15, 0.2) is 24.3 Å². The molecular weight excluding hydrogens is 284 g/mol. The van der Waals surface area contributed by atoms with E-state index in [-0.39, 0.29) is 5.97 Å². The van der Waals surface area contributed by atoms with Gasteiger partial charge in [-0.05, 0) is 44.0 Å². The third-order valence-corrected chi connectivity index (χ3v) is 2.72. The first-order valence-electron chi connectivity index (χ1n) is 5.74. The maximum absolute atomic E-state index is 11.4. The first-order valence-corrected chi connectivity index (χ1v) is 6.86. The summed E-state index contributed by atoms with van der Waals surface area (Å²) in [6, 6.07) is 7.02. The van der Waals surface area contributed by atoms with Crippen molar-refractivity contribution in [3.8, 4) is 5.75 Å². The van der Waals surface area contributed by atoms with Crippen molar-refractivity contribution < 1.29 is 14.3 Å². The van der Waals surface area contributed by atoms with Crippen molar-refractivity contribution in [1.82, 2.24) is 0 Å². The molecule has 0 fully saturated rings. The predicted molar refractivity (Wildman–Crippen MR) is 70.9 cm³/mol. The number of ether oxygens (including phenoxy) is 2. The molecule has 0 N–H and O–H groups in total. The summed E-state index contributed by atoms with van der Waals surface area (Å²) < 4.78 is 10.4. The van der Waals surface area contributed by atoms with Crippen LogP contribution in [0.3, 0.4) is 0 Å². The highest BCUT2D eigenvalue weighted by Crippen LogP contribution is 2.13. The zero-order chi connectivity index (χ0) is 12.5. The first-order chi connectivity index (χ1) is 8.27. The third kappa shape index (κ3) is 5.22.